The molecule has 4 aromatic rings. The largest absolute Gasteiger partial charge is 0.463 e. The van der Waals surface area contributed by atoms with Gasteiger partial charge >= 0.3 is 5.97 Å². The highest BCUT2D eigenvalue weighted by Gasteiger charge is 2.44. The topological polar surface area (TPSA) is 88.4 Å². The third-order valence-corrected chi connectivity index (χ3v) is 5.35. The summed E-state index contributed by atoms with van der Waals surface area (Å²) in [5.74, 6) is -0.676. The van der Waals surface area contributed by atoms with E-state index < -0.39 is 17.8 Å². The first-order valence-corrected chi connectivity index (χ1v) is 10.1. The summed E-state index contributed by atoms with van der Waals surface area (Å²) in [5.41, 5.74) is 2.89. The van der Waals surface area contributed by atoms with Crippen molar-refractivity contribution in [2.24, 2.45) is 0 Å². The number of carbonyl (C=O) groups excluding carboxylic acids is 2. The van der Waals surface area contributed by atoms with E-state index in [-0.39, 0.29) is 18.2 Å². The van der Waals surface area contributed by atoms with Gasteiger partial charge in [-0.15, -0.1) is 0 Å². The Hall–Kier alpha value is -4.20. The first-order chi connectivity index (χ1) is 15.6. The van der Waals surface area contributed by atoms with Crippen LogP contribution in [-0.4, -0.2) is 28.7 Å². The predicted molar refractivity (Wildman–Crippen MR) is 114 cm³/mol. The van der Waals surface area contributed by atoms with E-state index in [1.165, 1.54) is 18.4 Å². The zero-order valence-corrected chi connectivity index (χ0v) is 17.0. The molecule has 1 N–H and O–H groups in total. The fraction of sp³-hybridized carbons (Fsp3) is 0.125. The monoisotopic (exact) mass is 431 g/mol. The van der Waals surface area contributed by atoms with Crippen LogP contribution in [-0.2, 0) is 4.74 Å². The average molecular weight is 431 g/mol. The lowest BCUT2D eigenvalue weighted by molar-refractivity contribution is 0.0526. The number of aromatic amines is 1. The molecule has 0 bridgehead atoms. The van der Waals surface area contributed by atoms with Gasteiger partial charge in [-0.25, -0.2) is 9.18 Å². The predicted octanol–water partition coefficient (Wildman–Crippen LogP) is 4.74. The number of rotatable bonds is 5. The van der Waals surface area contributed by atoms with Crippen LogP contribution in [0, 0.1) is 5.82 Å². The van der Waals surface area contributed by atoms with E-state index >= 15 is 0 Å². The van der Waals surface area contributed by atoms with Crippen molar-refractivity contribution in [1.82, 2.24) is 10.2 Å². The highest BCUT2D eigenvalue weighted by atomic mass is 19.1. The first kappa shape index (κ1) is 19.7. The van der Waals surface area contributed by atoms with Gasteiger partial charge in [-0.1, -0.05) is 12.1 Å². The van der Waals surface area contributed by atoms with E-state index in [2.05, 4.69) is 10.2 Å². The number of nitrogens with one attached hydrogen (secondary N) is 1. The minimum Gasteiger partial charge on any atom is -0.463 e. The quantitative estimate of drug-likeness (QED) is 0.461. The Morgan fingerprint density at radius 2 is 2.00 bits per heavy atom. The van der Waals surface area contributed by atoms with Crippen molar-refractivity contribution in [1.29, 1.82) is 0 Å². The number of fused-ring (bicyclic) bond motifs is 1. The van der Waals surface area contributed by atoms with Gasteiger partial charge in [0.05, 0.1) is 24.5 Å². The van der Waals surface area contributed by atoms with Crippen LogP contribution >= 0.6 is 0 Å². The third kappa shape index (κ3) is 3.17. The molecule has 0 aliphatic carbocycles. The number of ether oxygens (including phenoxy) is 1. The molecule has 8 heteroatoms. The van der Waals surface area contributed by atoms with Crippen LogP contribution in [0.25, 0.3) is 11.5 Å². The molecule has 0 spiro atoms. The summed E-state index contributed by atoms with van der Waals surface area (Å²) in [5, 5.41) is 7.12. The number of esters is 1. The Kier molecular flexibility index (Phi) is 4.82. The first-order valence-electron chi connectivity index (χ1n) is 10.1. The van der Waals surface area contributed by atoms with E-state index in [1.54, 1.807) is 60.4 Å². The second-order valence-corrected chi connectivity index (χ2v) is 7.24. The van der Waals surface area contributed by atoms with Crippen LogP contribution < -0.4 is 4.90 Å². The number of hydrogen-bond donors (Lipinski definition) is 1. The van der Waals surface area contributed by atoms with Gasteiger partial charge in [-0.2, -0.15) is 5.10 Å². The van der Waals surface area contributed by atoms with Gasteiger partial charge < -0.3 is 9.15 Å². The fourth-order valence-corrected chi connectivity index (χ4v) is 3.98. The highest BCUT2D eigenvalue weighted by molar-refractivity contribution is 6.11. The van der Waals surface area contributed by atoms with Crippen molar-refractivity contribution >= 4 is 17.6 Å². The lowest BCUT2D eigenvalue weighted by Crippen LogP contribution is -2.29. The van der Waals surface area contributed by atoms with Crippen LogP contribution in [0.2, 0.25) is 0 Å². The second kappa shape index (κ2) is 7.81. The zero-order chi connectivity index (χ0) is 22.2. The molecular weight excluding hydrogens is 413 g/mol. The molecule has 1 atom stereocenters. The van der Waals surface area contributed by atoms with Gasteiger partial charge in [0.15, 0.2) is 11.5 Å². The summed E-state index contributed by atoms with van der Waals surface area (Å²) < 4.78 is 24.7. The molecule has 1 amide bonds. The van der Waals surface area contributed by atoms with Crippen molar-refractivity contribution in [2.45, 2.75) is 13.0 Å². The number of amides is 1. The molecule has 0 radical (unpaired) electrons. The van der Waals surface area contributed by atoms with E-state index in [9.17, 15) is 14.0 Å². The molecular formula is C24H18FN3O4. The molecule has 2 aromatic heterocycles. The Morgan fingerprint density at radius 1 is 1.19 bits per heavy atom. The standard InChI is InChI=1S/C24H18FN3O4/c1-2-31-24(30)14-8-10-17(11-9-14)28-22(15-5-3-6-16(25)13-15)19-20(18-7-4-12-32-18)26-27-21(19)23(28)29/h3-13,22H,2H2,1H3,(H,26,27)/t22-/m1/s1. The van der Waals surface area contributed by atoms with Gasteiger partial charge in [0.2, 0.25) is 0 Å². The van der Waals surface area contributed by atoms with Crippen LogP contribution in [0.5, 0.6) is 0 Å². The highest BCUT2D eigenvalue weighted by Crippen LogP contribution is 2.45. The molecule has 32 heavy (non-hydrogen) atoms. The molecule has 2 aromatic carbocycles. The van der Waals surface area contributed by atoms with E-state index in [1.807, 2.05) is 0 Å². The molecule has 0 fully saturated rings. The summed E-state index contributed by atoms with van der Waals surface area (Å²) in [6.45, 7) is 2.00. The molecule has 1 aliphatic rings. The maximum absolute atomic E-state index is 14.1. The Labute approximate surface area is 182 Å². The van der Waals surface area contributed by atoms with Gasteiger partial charge in [-0.3, -0.25) is 14.8 Å². The van der Waals surface area contributed by atoms with Crippen molar-refractivity contribution in [3.63, 3.8) is 0 Å². The number of aromatic nitrogens is 2. The molecule has 0 saturated carbocycles. The molecule has 1 aliphatic heterocycles. The van der Waals surface area contributed by atoms with Gasteiger partial charge in [0, 0.05) is 11.3 Å². The fourth-order valence-electron chi connectivity index (χ4n) is 3.98. The normalized spacial score (nSPS) is 15.1. The Balaban J connectivity index is 1.63. The molecule has 7 nitrogen and oxygen atoms in total. The summed E-state index contributed by atoms with van der Waals surface area (Å²) in [6.07, 6.45) is 1.53. The summed E-state index contributed by atoms with van der Waals surface area (Å²) >= 11 is 0. The van der Waals surface area contributed by atoms with Crippen LogP contribution in [0.3, 0.4) is 0 Å². The number of nitrogens with zero attached hydrogens (tertiary/aromatic N) is 2. The SMILES string of the molecule is CCOC(=O)c1ccc(N2C(=O)c3n[nH]c(-c4ccco4)c3[C@H]2c2cccc(F)c2)cc1. The van der Waals surface area contributed by atoms with Crippen LogP contribution in [0.15, 0.2) is 71.3 Å². The molecule has 5 rings (SSSR count). The summed E-state index contributed by atoms with van der Waals surface area (Å²) in [6, 6.07) is 15.5. The van der Waals surface area contributed by atoms with Crippen molar-refractivity contribution in [3.8, 4) is 11.5 Å². The van der Waals surface area contributed by atoms with Crippen molar-refractivity contribution in [3.05, 3.63) is 95.1 Å². The van der Waals surface area contributed by atoms with Gasteiger partial charge in [0.25, 0.3) is 5.91 Å². The van der Waals surface area contributed by atoms with E-state index in [0.717, 1.165) is 0 Å². The third-order valence-electron chi connectivity index (χ3n) is 5.35. The minimum absolute atomic E-state index is 0.236. The Morgan fingerprint density at radius 3 is 2.69 bits per heavy atom. The van der Waals surface area contributed by atoms with Crippen molar-refractivity contribution < 1.29 is 23.1 Å². The molecule has 0 saturated heterocycles. The average Bonchev–Trinajstić information content (AvgIpc) is 3.52. The lowest BCUT2D eigenvalue weighted by Gasteiger charge is -2.26. The molecule has 160 valence electrons. The number of furan rings is 1. The number of benzene rings is 2. The van der Waals surface area contributed by atoms with Crippen LogP contribution in [0.1, 0.15) is 44.9 Å². The number of halogens is 1. The molecule has 3 heterocycles. The number of carbonyl (C=O) groups is 2. The second-order valence-electron chi connectivity index (χ2n) is 7.24. The maximum Gasteiger partial charge on any atom is 0.338 e. The maximum atomic E-state index is 14.1. The minimum atomic E-state index is -0.638. The summed E-state index contributed by atoms with van der Waals surface area (Å²) in [7, 11) is 0. The Bertz CT molecular complexity index is 1300. The van der Waals surface area contributed by atoms with Crippen LogP contribution in [0.4, 0.5) is 10.1 Å². The zero-order valence-electron chi connectivity index (χ0n) is 17.0. The van der Waals surface area contributed by atoms with Gasteiger partial charge in [-0.05, 0) is 61.0 Å². The van der Waals surface area contributed by atoms with E-state index in [4.69, 9.17) is 9.15 Å². The van der Waals surface area contributed by atoms with E-state index in [0.29, 0.717) is 33.8 Å². The number of H-pyrrole nitrogens is 1. The summed E-state index contributed by atoms with van der Waals surface area (Å²) in [4.78, 5) is 26.9. The number of anilines is 1. The number of hydrogen-bond acceptors (Lipinski definition) is 5. The van der Waals surface area contributed by atoms with Gasteiger partial charge in [0.1, 0.15) is 11.5 Å². The lowest BCUT2D eigenvalue weighted by atomic mass is 9.97. The molecule has 0 unspecified atom stereocenters. The smallest absolute Gasteiger partial charge is 0.338 e. The van der Waals surface area contributed by atoms with Crippen molar-refractivity contribution in [2.75, 3.05) is 11.5 Å².